The van der Waals surface area contributed by atoms with Crippen molar-refractivity contribution in [3.8, 4) is 11.4 Å². The molecule has 3 rings (SSSR count). The highest BCUT2D eigenvalue weighted by Crippen LogP contribution is 2.27. The molecule has 0 N–H and O–H groups in total. The monoisotopic (exact) mass is 411 g/mol. The maximum absolute atomic E-state index is 12.9. The number of hydrogen-bond acceptors (Lipinski definition) is 6. The van der Waals surface area contributed by atoms with Crippen LogP contribution in [0.4, 0.5) is 0 Å². The molecule has 3 aromatic rings. The van der Waals surface area contributed by atoms with Gasteiger partial charge in [0.2, 0.25) is 11.1 Å². The van der Waals surface area contributed by atoms with E-state index in [0.717, 1.165) is 16.8 Å². The van der Waals surface area contributed by atoms with Crippen LogP contribution in [0.2, 0.25) is 0 Å². The Hall–Kier alpha value is -2.87. The molecule has 0 aliphatic rings. The van der Waals surface area contributed by atoms with Crippen LogP contribution < -0.4 is 4.74 Å². The van der Waals surface area contributed by atoms with E-state index in [1.165, 1.54) is 11.8 Å². The predicted octanol–water partition coefficient (Wildman–Crippen LogP) is 3.51. The number of amides is 1. The number of carbonyl (C=O) groups excluding carboxylic acids is 1. The fourth-order valence-corrected chi connectivity index (χ4v) is 3.70. The molecule has 0 bridgehead atoms. The number of tetrazole rings is 1. The zero-order valence-corrected chi connectivity index (χ0v) is 17.9. The summed E-state index contributed by atoms with van der Waals surface area (Å²) in [4.78, 5) is 14.8. The van der Waals surface area contributed by atoms with E-state index in [-0.39, 0.29) is 17.7 Å². The number of aromatic nitrogens is 4. The molecule has 8 heteroatoms. The number of carbonyl (C=O) groups is 1. The number of methoxy groups -OCH3 is 1. The highest BCUT2D eigenvalue weighted by molar-refractivity contribution is 7.99. The summed E-state index contributed by atoms with van der Waals surface area (Å²) >= 11 is 1.32. The van der Waals surface area contributed by atoms with Crippen molar-refractivity contribution in [2.45, 2.75) is 38.5 Å². The molecule has 0 aliphatic heterocycles. The second-order valence-corrected chi connectivity index (χ2v) is 7.88. The van der Waals surface area contributed by atoms with Crippen molar-refractivity contribution < 1.29 is 9.53 Å². The Labute approximate surface area is 175 Å². The van der Waals surface area contributed by atoms with Crippen molar-refractivity contribution in [3.63, 3.8) is 0 Å². The Morgan fingerprint density at radius 3 is 2.66 bits per heavy atom. The molecule has 29 heavy (non-hydrogen) atoms. The number of thioether (sulfide) groups is 1. The Morgan fingerprint density at radius 2 is 1.97 bits per heavy atom. The minimum atomic E-state index is 0.0413. The van der Waals surface area contributed by atoms with E-state index in [9.17, 15) is 4.79 Å². The van der Waals surface area contributed by atoms with Gasteiger partial charge in [0, 0.05) is 12.6 Å². The van der Waals surface area contributed by atoms with Gasteiger partial charge in [0.25, 0.3) is 0 Å². The summed E-state index contributed by atoms with van der Waals surface area (Å²) in [5.41, 5.74) is 2.92. The van der Waals surface area contributed by atoms with Crippen LogP contribution in [0.3, 0.4) is 0 Å². The lowest BCUT2D eigenvalue weighted by Crippen LogP contribution is -2.37. The molecule has 0 saturated carbocycles. The zero-order valence-electron chi connectivity index (χ0n) is 17.1. The van der Waals surface area contributed by atoms with Gasteiger partial charge in [0.1, 0.15) is 11.4 Å². The summed E-state index contributed by atoms with van der Waals surface area (Å²) in [6, 6.07) is 15.9. The lowest BCUT2D eigenvalue weighted by Gasteiger charge is -2.26. The first-order chi connectivity index (χ1) is 14.0. The molecule has 0 saturated heterocycles. The summed E-state index contributed by atoms with van der Waals surface area (Å²) in [5.74, 6) is 0.961. The highest BCUT2D eigenvalue weighted by atomic mass is 32.2. The number of aryl methyl sites for hydroxylation is 1. The van der Waals surface area contributed by atoms with Crippen LogP contribution in [0.1, 0.15) is 25.0 Å². The van der Waals surface area contributed by atoms with Crippen LogP contribution in [0.15, 0.2) is 53.7 Å². The molecule has 2 aromatic carbocycles. The Kier molecular flexibility index (Phi) is 6.87. The number of hydrogen-bond donors (Lipinski definition) is 0. The molecule has 0 unspecified atom stereocenters. The van der Waals surface area contributed by atoms with Crippen LogP contribution in [-0.2, 0) is 11.3 Å². The molecule has 1 heterocycles. The second kappa shape index (κ2) is 9.56. The molecule has 1 amide bonds. The first-order valence-corrected chi connectivity index (χ1v) is 10.4. The molecular weight excluding hydrogens is 386 g/mol. The quantitative estimate of drug-likeness (QED) is 0.528. The predicted molar refractivity (Wildman–Crippen MR) is 113 cm³/mol. The number of nitrogens with zero attached hydrogens (tertiary/aromatic N) is 5. The van der Waals surface area contributed by atoms with Gasteiger partial charge in [-0.3, -0.25) is 4.79 Å². The fourth-order valence-electron chi connectivity index (χ4n) is 2.93. The molecule has 1 aromatic heterocycles. The van der Waals surface area contributed by atoms with Crippen LogP contribution in [0.5, 0.6) is 5.75 Å². The zero-order chi connectivity index (χ0) is 20.8. The Bertz CT molecular complexity index is 959. The molecule has 0 spiro atoms. The van der Waals surface area contributed by atoms with Gasteiger partial charge < -0.3 is 9.64 Å². The first kappa shape index (κ1) is 20.9. The smallest absolute Gasteiger partial charge is 0.233 e. The summed E-state index contributed by atoms with van der Waals surface area (Å²) in [6.07, 6.45) is 0. The minimum Gasteiger partial charge on any atom is -0.494 e. The molecular formula is C21H25N5O2S. The van der Waals surface area contributed by atoms with Crippen molar-refractivity contribution in [1.29, 1.82) is 0 Å². The maximum atomic E-state index is 12.9. The third-order valence-corrected chi connectivity index (χ3v) is 5.37. The van der Waals surface area contributed by atoms with E-state index in [0.29, 0.717) is 17.5 Å². The van der Waals surface area contributed by atoms with Gasteiger partial charge in [-0.15, -0.1) is 5.10 Å². The third-order valence-electron chi connectivity index (χ3n) is 4.47. The van der Waals surface area contributed by atoms with Gasteiger partial charge in [-0.2, -0.15) is 4.68 Å². The van der Waals surface area contributed by atoms with Crippen LogP contribution >= 0.6 is 11.8 Å². The summed E-state index contributed by atoms with van der Waals surface area (Å²) < 4.78 is 7.05. The Morgan fingerprint density at radius 1 is 1.21 bits per heavy atom. The number of rotatable bonds is 8. The third kappa shape index (κ3) is 5.14. The van der Waals surface area contributed by atoms with Crippen molar-refractivity contribution in [2.75, 3.05) is 12.9 Å². The maximum Gasteiger partial charge on any atom is 0.233 e. The molecule has 7 nitrogen and oxygen atoms in total. The van der Waals surface area contributed by atoms with E-state index in [2.05, 4.69) is 15.5 Å². The number of ether oxygens (including phenoxy) is 1. The van der Waals surface area contributed by atoms with Crippen molar-refractivity contribution in [1.82, 2.24) is 25.1 Å². The van der Waals surface area contributed by atoms with Crippen molar-refractivity contribution in [3.05, 3.63) is 59.7 Å². The van der Waals surface area contributed by atoms with Crippen LogP contribution in [-0.4, -0.2) is 49.9 Å². The van der Waals surface area contributed by atoms with Gasteiger partial charge in [-0.25, -0.2) is 0 Å². The van der Waals surface area contributed by atoms with Crippen LogP contribution in [0.25, 0.3) is 5.69 Å². The first-order valence-electron chi connectivity index (χ1n) is 9.39. The summed E-state index contributed by atoms with van der Waals surface area (Å²) in [5, 5.41) is 12.5. The standard InChI is InChI=1S/C21H25N5O2S/c1-15(2)25(13-17-8-6-5-7-9-17)20(27)14-29-21-22-23-24-26(21)18-12-16(3)10-11-19(18)28-4/h5-12,15H,13-14H2,1-4H3. The van der Waals surface area contributed by atoms with E-state index < -0.39 is 0 Å². The van der Waals surface area contributed by atoms with Gasteiger partial charge in [0.05, 0.1) is 12.9 Å². The van der Waals surface area contributed by atoms with E-state index >= 15 is 0 Å². The fraction of sp³-hybridized carbons (Fsp3) is 0.333. The van der Waals surface area contributed by atoms with Gasteiger partial charge >= 0.3 is 0 Å². The molecule has 152 valence electrons. The lowest BCUT2D eigenvalue weighted by atomic mass is 10.2. The van der Waals surface area contributed by atoms with Crippen molar-refractivity contribution in [2.24, 2.45) is 0 Å². The summed E-state index contributed by atoms with van der Waals surface area (Å²) in [7, 11) is 1.61. The summed E-state index contributed by atoms with van der Waals surface area (Å²) in [6.45, 7) is 6.61. The second-order valence-electron chi connectivity index (χ2n) is 6.94. The average Bonchev–Trinajstić information content (AvgIpc) is 3.19. The van der Waals surface area contributed by atoms with Gasteiger partial charge in [0.15, 0.2) is 0 Å². The SMILES string of the molecule is COc1ccc(C)cc1-n1nnnc1SCC(=O)N(Cc1ccccc1)C(C)C. The lowest BCUT2D eigenvalue weighted by molar-refractivity contribution is -0.130. The largest absolute Gasteiger partial charge is 0.494 e. The topological polar surface area (TPSA) is 73.1 Å². The number of benzene rings is 2. The van der Waals surface area contributed by atoms with Crippen molar-refractivity contribution >= 4 is 17.7 Å². The molecule has 0 aliphatic carbocycles. The Balaban J connectivity index is 1.74. The normalized spacial score (nSPS) is 10.9. The van der Waals surface area contributed by atoms with E-state index in [1.54, 1.807) is 11.8 Å². The van der Waals surface area contributed by atoms with E-state index in [4.69, 9.17) is 4.74 Å². The highest BCUT2D eigenvalue weighted by Gasteiger charge is 2.20. The molecule has 0 radical (unpaired) electrons. The minimum absolute atomic E-state index is 0.0413. The van der Waals surface area contributed by atoms with Gasteiger partial charge in [-0.05, 0) is 54.5 Å². The molecule has 0 fully saturated rings. The van der Waals surface area contributed by atoms with E-state index in [1.807, 2.05) is 74.2 Å². The average molecular weight is 412 g/mol. The molecule has 0 atom stereocenters. The van der Waals surface area contributed by atoms with Gasteiger partial charge in [-0.1, -0.05) is 48.2 Å². The van der Waals surface area contributed by atoms with Crippen LogP contribution in [0, 0.1) is 6.92 Å².